The molecule has 0 atom stereocenters. The highest BCUT2D eigenvalue weighted by atomic mass is 16.6. The zero-order chi connectivity index (χ0) is 22.6. The minimum atomic E-state index is -0.340. The molecule has 0 radical (unpaired) electrons. The SMILES string of the molecule is CC1(OC(=O)COc2ccc([N+]3([O-])CCCCC3)c3ccccc23)C2CC3CC(C2)CC1C3. The van der Waals surface area contributed by atoms with E-state index in [0.717, 1.165) is 47.6 Å². The number of carbonyl (C=O) groups excluding carboxylic acids is 1. The van der Waals surface area contributed by atoms with Crippen LogP contribution in [0.15, 0.2) is 36.4 Å². The predicted molar refractivity (Wildman–Crippen MR) is 130 cm³/mol. The van der Waals surface area contributed by atoms with Gasteiger partial charge in [0.25, 0.3) is 0 Å². The highest BCUT2D eigenvalue weighted by Gasteiger charge is 2.57. The molecule has 5 fully saturated rings. The fourth-order valence-electron chi connectivity index (χ4n) is 7.70. The zero-order valence-electron chi connectivity index (χ0n) is 19.6. The highest BCUT2D eigenvalue weighted by Crippen LogP contribution is 2.59. The maximum atomic E-state index is 13.5. The van der Waals surface area contributed by atoms with Gasteiger partial charge >= 0.3 is 5.97 Å². The first-order valence-electron chi connectivity index (χ1n) is 12.9. The minimum Gasteiger partial charge on any atom is -0.627 e. The lowest BCUT2D eigenvalue weighted by molar-refractivity contribution is -0.204. The van der Waals surface area contributed by atoms with Gasteiger partial charge in [0.05, 0.1) is 13.1 Å². The van der Waals surface area contributed by atoms with Crippen molar-refractivity contribution in [1.29, 1.82) is 0 Å². The van der Waals surface area contributed by atoms with Crippen LogP contribution in [-0.4, -0.2) is 31.3 Å². The maximum absolute atomic E-state index is 13.5. The zero-order valence-corrected chi connectivity index (χ0v) is 19.6. The molecule has 4 aliphatic carbocycles. The Balaban J connectivity index is 1.19. The number of piperidine rings is 1. The van der Waals surface area contributed by atoms with Gasteiger partial charge in [0.15, 0.2) is 6.61 Å². The summed E-state index contributed by atoms with van der Waals surface area (Å²) in [6, 6.07) is 11.7. The highest BCUT2D eigenvalue weighted by molar-refractivity contribution is 5.97. The molecule has 2 aromatic carbocycles. The summed E-state index contributed by atoms with van der Waals surface area (Å²) in [4.78, 5) is 12.9. The van der Waals surface area contributed by atoms with Crippen LogP contribution in [0, 0.1) is 28.9 Å². The van der Waals surface area contributed by atoms with E-state index in [-0.39, 0.29) is 22.8 Å². The Bertz CT molecular complexity index is 1030. The van der Waals surface area contributed by atoms with Crippen molar-refractivity contribution >= 4 is 22.4 Å². The second kappa shape index (κ2) is 7.99. The summed E-state index contributed by atoms with van der Waals surface area (Å²) in [5.41, 5.74) is 0.467. The van der Waals surface area contributed by atoms with Crippen molar-refractivity contribution in [2.75, 3.05) is 19.7 Å². The summed E-state index contributed by atoms with van der Waals surface area (Å²) < 4.78 is 11.9. The summed E-state index contributed by atoms with van der Waals surface area (Å²) in [5, 5.41) is 15.3. The molecule has 4 saturated carbocycles. The van der Waals surface area contributed by atoms with Crippen molar-refractivity contribution in [3.05, 3.63) is 41.6 Å². The van der Waals surface area contributed by atoms with Crippen molar-refractivity contribution in [3.63, 3.8) is 0 Å². The number of hydroxylamine groups is 2. The topological polar surface area (TPSA) is 58.6 Å². The van der Waals surface area contributed by atoms with Gasteiger partial charge in [0.2, 0.25) is 0 Å². The second-order valence-electron chi connectivity index (χ2n) is 11.3. The van der Waals surface area contributed by atoms with Gasteiger partial charge in [-0.15, -0.1) is 0 Å². The summed E-state index contributed by atoms with van der Waals surface area (Å²) in [6.45, 7) is 3.32. The van der Waals surface area contributed by atoms with Crippen LogP contribution in [0.25, 0.3) is 10.8 Å². The number of fused-ring (bicyclic) bond motifs is 1. The molecule has 5 heteroatoms. The van der Waals surface area contributed by atoms with Gasteiger partial charge in [-0.1, -0.05) is 18.2 Å². The van der Waals surface area contributed by atoms with Gasteiger partial charge in [0, 0.05) is 16.8 Å². The van der Waals surface area contributed by atoms with E-state index < -0.39 is 0 Å². The minimum absolute atomic E-state index is 0.0946. The van der Waals surface area contributed by atoms with E-state index in [1.54, 1.807) is 0 Å². The summed E-state index contributed by atoms with van der Waals surface area (Å²) in [6.07, 6.45) is 9.27. The molecule has 2 aromatic rings. The van der Waals surface area contributed by atoms with Crippen LogP contribution in [0.2, 0.25) is 0 Å². The fraction of sp³-hybridized carbons (Fsp3) is 0.607. The molecular formula is C28H35NO4. The van der Waals surface area contributed by atoms with E-state index in [2.05, 4.69) is 6.92 Å². The first kappa shape index (κ1) is 21.4. The molecule has 1 saturated heterocycles. The number of ether oxygens (including phenoxy) is 2. The van der Waals surface area contributed by atoms with E-state index in [1.807, 2.05) is 36.4 Å². The van der Waals surface area contributed by atoms with Crippen molar-refractivity contribution in [3.8, 4) is 5.75 Å². The van der Waals surface area contributed by atoms with Gasteiger partial charge in [-0.3, -0.25) is 0 Å². The Morgan fingerprint density at radius 2 is 1.58 bits per heavy atom. The van der Waals surface area contributed by atoms with E-state index >= 15 is 0 Å². The summed E-state index contributed by atoms with van der Waals surface area (Å²) in [7, 11) is 0. The van der Waals surface area contributed by atoms with Crippen LogP contribution in [0.4, 0.5) is 5.69 Å². The molecule has 0 unspecified atom stereocenters. The standard InChI is InChI=1S/C28H35NO4/c1-28(21-14-19-13-20(16-21)17-22(28)15-19)33-27(30)18-32-26-10-9-25(23-7-3-4-8-24(23)26)29(31)11-5-2-6-12-29/h3-4,7-10,19-22H,2,5-6,11-18H2,1H3. The average molecular weight is 450 g/mol. The number of quaternary nitrogens is 1. The molecule has 176 valence electrons. The van der Waals surface area contributed by atoms with E-state index in [9.17, 15) is 10.0 Å². The Morgan fingerprint density at radius 3 is 2.24 bits per heavy atom. The van der Waals surface area contributed by atoms with Crippen LogP contribution in [0.1, 0.15) is 58.3 Å². The monoisotopic (exact) mass is 449 g/mol. The molecule has 5 aliphatic rings. The molecule has 5 nitrogen and oxygen atoms in total. The number of hydrogen-bond donors (Lipinski definition) is 0. The number of benzene rings is 2. The molecule has 7 rings (SSSR count). The van der Waals surface area contributed by atoms with Crippen molar-refractivity contribution in [2.45, 2.75) is 63.9 Å². The average Bonchev–Trinajstić information content (AvgIpc) is 2.81. The van der Waals surface area contributed by atoms with Crippen molar-refractivity contribution in [1.82, 2.24) is 4.65 Å². The van der Waals surface area contributed by atoms with Crippen molar-refractivity contribution in [2.24, 2.45) is 23.7 Å². The molecular weight excluding hydrogens is 414 g/mol. The Hall–Kier alpha value is -2.11. The van der Waals surface area contributed by atoms with E-state index in [0.29, 0.717) is 30.7 Å². The number of hydrogen-bond acceptors (Lipinski definition) is 4. The number of esters is 1. The third-order valence-corrected chi connectivity index (χ3v) is 9.28. The molecule has 4 bridgehead atoms. The van der Waals surface area contributed by atoms with Gasteiger partial charge in [-0.2, -0.15) is 0 Å². The summed E-state index contributed by atoms with van der Waals surface area (Å²) >= 11 is 0. The second-order valence-corrected chi connectivity index (χ2v) is 11.3. The largest absolute Gasteiger partial charge is 0.627 e. The summed E-state index contributed by atoms with van der Waals surface area (Å²) in [5.74, 6) is 3.05. The van der Waals surface area contributed by atoms with Crippen LogP contribution in [-0.2, 0) is 9.53 Å². The normalized spacial score (nSPS) is 34.4. The lowest BCUT2D eigenvalue weighted by Crippen LogP contribution is -2.58. The van der Waals surface area contributed by atoms with Gasteiger partial charge in [-0.05, 0) is 94.1 Å². The van der Waals surface area contributed by atoms with Crippen LogP contribution >= 0.6 is 0 Å². The number of rotatable bonds is 5. The molecule has 0 aromatic heterocycles. The smallest absolute Gasteiger partial charge is 0.344 e. The Kier molecular flexibility index (Phi) is 5.19. The first-order valence-corrected chi connectivity index (χ1v) is 12.9. The molecule has 1 aliphatic heterocycles. The molecule has 0 amide bonds. The number of nitrogens with zero attached hydrogens (tertiary/aromatic N) is 1. The van der Waals surface area contributed by atoms with E-state index in [4.69, 9.17) is 9.47 Å². The van der Waals surface area contributed by atoms with Crippen LogP contribution < -0.4 is 9.38 Å². The van der Waals surface area contributed by atoms with Crippen LogP contribution in [0.3, 0.4) is 0 Å². The Morgan fingerprint density at radius 1 is 0.939 bits per heavy atom. The van der Waals surface area contributed by atoms with Crippen LogP contribution in [0.5, 0.6) is 5.75 Å². The van der Waals surface area contributed by atoms with Gasteiger partial charge in [-0.25, -0.2) is 4.79 Å². The number of carbonyl (C=O) groups is 1. The predicted octanol–water partition coefficient (Wildman–Crippen LogP) is 5.97. The lowest BCUT2D eigenvalue weighted by Gasteiger charge is -2.59. The Labute approximate surface area is 196 Å². The van der Waals surface area contributed by atoms with Crippen molar-refractivity contribution < 1.29 is 14.3 Å². The quantitative estimate of drug-likeness (QED) is 0.321. The van der Waals surface area contributed by atoms with E-state index in [1.165, 1.54) is 32.1 Å². The van der Waals surface area contributed by atoms with Gasteiger partial charge in [0.1, 0.15) is 17.0 Å². The third kappa shape index (κ3) is 3.64. The first-order chi connectivity index (χ1) is 15.9. The fourth-order valence-corrected chi connectivity index (χ4v) is 7.70. The van der Waals surface area contributed by atoms with Gasteiger partial charge < -0.3 is 19.3 Å². The molecule has 1 heterocycles. The lowest BCUT2D eigenvalue weighted by atomic mass is 9.50. The molecule has 0 spiro atoms. The third-order valence-electron chi connectivity index (χ3n) is 9.28. The molecule has 0 N–H and O–H groups in total. The maximum Gasteiger partial charge on any atom is 0.344 e. The molecule has 33 heavy (non-hydrogen) atoms.